The van der Waals surface area contributed by atoms with Crippen molar-refractivity contribution in [3.63, 3.8) is 0 Å². The lowest BCUT2D eigenvalue weighted by Gasteiger charge is -2.23. The highest BCUT2D eigenvalue weighted by Crippen LogP contribution is 2.08. The number of carbonyl (C=O) groups excluding carboxylic acids is 3. The third kappa shape index (κ3) is 8.74. The van der Waals surface area contributed by atoms with E-state index in [2.05, 4.69) is 10.6 Å². The second-order valence-electron chi connectivity index (χ2n) is 6.41. The Morgan fingerprint density at radius 3 is 2.32 bits per heavy atom. The molecule has 1 aromatic rings. The molecule has 0 saturated heterocycles. The Bertz CT molecular complexity index is 581. The van der Waals surface area contributed by atoms with E-state index in [0.29, 0.717) is 0 Å². The van der Waals surface area contributed by atoms with E-state index in [-0.39, 0.29) is 19.6 Å². The summed E-state index contributed by atoms with van der Waals surface area (Å²) in [7, 11) is 0. The van der Waals surface area contributed by atoms with Crippen molar-refractivity contribution in [2.45, 2.75) is 45.8 Å². The lowest BCUT2D eigenvalue weighted by Crippen LogP contribution is -2.50. The van der Waals surface area contributed by atoms with Gasteiger partial charge in [0.05, 0.1) is 6.61 Å². The summed E-state index contributed by atoms with van der Waals surface area (Å²) in [4.78, 5) is 35.8. The molecule has 0 spiro atoms. The molecule has 0 unspecified atom stereocenters. The molecule has 0 aromatic heterocycles. The second kappa shape index (κ2) is 9.66. The van der Waals surface area contributed by atoms with E-state index >= 15 is 0 Å². The summed E-state index contributed by atoms with van der Waals surface area (Å²) in [6, 6.07) is 8.38. The SMILES string of the molecule is CCOC(=O)CNC(=O)[C@H](Cc1ccccc1)NC(=O)OC(C)(C)C. The number of benzene rings is 1. The molecule has 0 bridgehead atoms. The zero-order chi connectivity index (χ0) is 18.9. The minimum atomic E-state index is -0.869. The van der Waals surface area contributed by atoms with Gasteiger partial charge in [-0.3, -0.25) is 9.59 Å². The molecular weight excluding hydrogens is 324 g/mol. The standard InChI is InChI=1S/C18H26N2O5/c1-5-24-15(21)12-19-16(22)14(11-13-9-7-6-8-10-13)20-17(23)25-18(2,3)4/h6-10,14H,5,11-12H2,1-4H3,(H,19,22)(H,20,23)/t14-/m0/s1. The molecule has 0 fully saturated rings. The monoisotopic (exact) mass is 350 g/mol. The van der Waals surface area contributed by atoms with Gasteiger partial charge in [0, 0.05) is 6.42 Å². The van der Waals surface area contributed by atoms with Crippen LogP contribution < -0.4 is 10.6 Å². The predicted octanol–water partition coefficient (Wildman–Crippen LogP) is 1.80. The Kier molecular flexibility index (Phi) is 7.91. The molecule has 0 saturated carbocycles. The first-order valence-corrected chi connectivity index (χ1v) is 8.18. The van der Waals surface area contributed by atoms with Crippen molar-refractivity contribution >= 4 is 18.0 Å². The zero-order valence-electron chi connectivity index (χ0n) is 15.1. The molecule has 0 aliphatic heterocycles. The van der Waals surface area contributed by atoms with Crippen LogP contribution in [0.25, 0.3) is 0 Å². The van der Waals surface area contributed by atoms with Crippen LogP contribution >= 0.6 is 0 Å². The van der Waals surface area contributed by atoms with Crippen LogP contribution in [0.5, 0.6) is 0 Å². The number of hydrogen-bond acceptors (Lipinski definition) is 5. The number of nitrogens with one attached hydrogen (secondary N) is 2. The number of rotatable bonds is 7. The first-order valence-electron chi connectivity index (χ1n) is 8.18. The molecular formula is C18H26N2O5. The zero-order valence-corrected chi connectivity index (χ0v) is 15.1. The van der Waals surface area contributed by atoms with Gasteiger partial charge in [-0.15, -0.1) is 0 Å². The maximum absolute atomic E-state index is 12.4. The largest absolute Gasteiger partial charge is 0.465 e. The van der Waals surface area contributed by atoms with Crippen molar-refractivity contribution in [3.8, 4) is 0 Å². The van der Waals surface area contributed by atoms with Gasteiger partial charge in [-0.2, -0.15) is 0 Å². The topological polar surface area (TPSA) is 93.7 Å². The number of alkyl carbamates (subject to hydrolysis) is 1. The fourth-order valence-corrected chi connectivity index (χ4v) is 2.00. The van der Waals surface area contributed by atoms with Gasteiger partial charge in [0.1, 0.15) is 18.2 Å². The first-order chi connectivity index (χ1) is 11.7. The molecule has 2 N–H and O–H groups in total. The van der Waals surface area contributed by atoms with Crippen molar-refractivity contribution < 1.29 is 23.9 Å². The number of carbonyl (C=O) groups is 3. The number of amides is 2. The maximum Gasteiger partial charge on any atom is 0.408 e. The van der Waals surface area contributed by atoms with E-state index in [1.165, 1.54) is 0 Å². The van der Waals surface area contributed by atoms with E-state index in [0.717, 1.165) is 5.56 Å². The molecule has 0 aliphatic rings. The van der Waals surface area contributed by atoms with E-state index in [1.54, 1.807) is 27.7 Å². The molecule has 2 amide bonds. The smallest absolute Gasteiger partial charge is 0.408 e. The molecule has 1 rings (SSSR count). The van der Waals surface area contributed by atoms with Crippen LogP contribution in [0.1, 0.15) is 33.3 Å². The van der Waals surface area contributed by atoms with Gasteiger partial charge in [-0.05, 0) is 33.3 Å². The van der Waals surface area contributed by atoms with Crippen LogP contribution in [0, 0.1) is 0 Å². The highest BCUT2D eigenvalue weighted by molar-refractivity contribution is 5.88. The van der Waals surface area contributed by atoms with Crippen LogP contribution in [0.3, 0.4) is 0 Å². The van der Waals surface area contributed by atoms with E-state index in [9.17, 15) is 14.4 Å². The molecule has 1 aromatic carbocycles. The van der Waals surface area contributed by atoms with Gasteiger partial charge >= 0.3 is 12.1 Å². The molecule has 0 aliphatic carbocycles. The van der Waals surface area contributed by atoms with Crippen LogP contribution in [0.15, 0.2) is 30.3 Å². The number of ether oxygens (including phenoxy) is 2. The van der Waals surface area contributed by atoms with Crippen LogP contribution in [0.4, 0.5) is 4.79 Å². The highest BCUT2D eigenvalue weighted by Gasteiger charge is 2.25. The predicted molar refractivity (Wildman–Crippen MR) is 92.9 cm³/mol. The lowest BCUT2D eigenvalue weighted by atomic mass is 10.1. The molecule has 0 radical (unpaired) electrons. The van der Waals surface area contributed by atoms with E-state index in [1.807, 2.05) is 30.3 Å². The van der Waals surface area contributed by atoms with Gasteiger partial charge in [-0.25, -0.2) is 4.79 Å². The number of esters is 1. The average Bonchev–Trinajstić information content (AvgIpc) is 2.51. The summed E-state index contributed by atoms with van der Waals surface area (Å²) >= 11 is 0. The highest BCUT2D eigenvalue weighted by atomic mass is 16.6. The van der Waals surface area contributed by atoms with Crippen molar-refractivity contribution in [1.29, 1.82) is 0 Å². The third-order valence-electron chi connectivity index (χ3n) is 3.00. The Morgan fingerprint density at radius 2 is 1.76 bits per heavy atom. The molecule has 0 heterocycles. The van der Waals surface area contributed by atoms with Gasteiger partial charge in [0.25, 0.3) is 0 Å². The Morgan fingerprint density at radius 1 is 1.12 bits per heavy atom. The maximum atomic E-state index is 12.4. The Labute approximate surface area is 148 Å². The van der Waals surface area contributed by atoms with E-state index in [4.69, 9.17) is 9.47 Å². The molecule has 138 valence electrons. The Hall–Kier alpha value is -2.57. The van der Waals surface area contributed by atoms with E-state index < -0.39 is 29.6 Å². The molecule has 25 heavy (non-hydrogen) atoms. The molecule has 7 heteroatoms. The number of hydrogen-bond donors (Lipinski definition) is 2. The summed E-state index contributed by atoms with van der Waals surface area (Å²) in [5.41, 5.74) is 0.192. The van der Waals surface area contributed by atoms with Crippen molar-refractivity contribution in [2.75, 3.05) is 13.2 Å². The second-order valence-corrected chi connectivity index (χ2v) is 6.41. The van der Waals surface area contributed by atoms with Crippen molar-refractivity contribution in [2.24, 2.45) is 0 Å². The van der Waals surface area contributed by atoms with Gasteiger partial charge in [0.2, 0.25) is 5.91 Å². The third-order valence-corrected chi connectivity index (χ3v) is 3.00. The normalized spacial score (nSPS) is 12.0. The van der Waals surface area contributed by atoms with Gasteiger partial charge in [-0.1, -0.05) is 30.3 Å². The van der Waals surface area contributed by atoms with Crippen molar-refractivity contribution in [3.05, 3.63) is 35.9 Å². The fourth-order valence-electron chi connectivity index (χ4n) is 2.00. The fraction of sp³-hybridized carbons (Fsp3) is 0.500. The molecule has 1 atom stereocenters. The van der Waals surface area contributed by atoms with Crippen LogP contribution in [-0.4, -0.2) is 42.8 Å². The summed E-state index contributed by atoms with van der Waals surface area (Å²) in [6.45, 7) is 6.87. The summed E-state index contributed by atoms with van der Waals surface area (Å²) in [6.07, 6.45) is -0.422. The van der Waals surface area contributed by atoms with Crippen LogP contribution in [0.2, 0.25) is 0 Å². The van der Waals surface area contributed by atoms with Gasteiger partial charge in [0.15, 0.2) is 0 Å². The van der Waals surface area contributed by atoms with Crippen LogP contribution in [-0.2, 0) is 25.5 Å². The van der Waals surface area contributed by atoms with Crippen molar-refractivity contribution in [1.82, 2.24) is 10.6 Å². The first kappa shape index (κ1) is 20.5. The minimum absolute atomic E-state index is 0.234. The average molecular weight is 350 g/mol. The summed E-state index contributed by atoms with van der Waals surface area (Å²) in [5.74, 6) is -1.02. The van der Waals surface area contributed by atoms with Gasteiger partial charge < -0.3 is 20.1 Å². The minimum Gasteiger partial charge on any atom is -0.465 e. The quantitative estimate of drug-likeness (QED) is 0.732. The Balaban J connectivity index is 2.74. The summed E-state index contributed by atoms with van der Waals surface area (Å²) < 4.78 is 9.97. The summed E-state index contributed by atoms with van der Waals surface area (Å²) in [5, 5.41) is 5.02. The lowest BCUT2D eigenvalue weighted by molar-refractivity contribution is -0.143. The molecule has 7 nitrogen and oxygen atoms in total.